The normalized spacial score (nSPS) is 18.7. The number of carbonyl (C=O) groups excluding carboxylic acids is 1. The van der Waals surface area contributed by atoms with Gasteiger partial charge in [0.05, 0.1) is 12.2 Å². The predicted molar refractivity (Wildman–Crippen MR) is 108 cm³/mol. The lowest BCUT2D eigenvalue weighted by Crippen LogP contribution is -2.41. The van der Waals surface area contributed by atoms with Crippen molar-refractivity contribution in [3.8, 4) is 0 Å². The molecule has 0 spiro atoms. The van der Waals surface area contributed by atoms with Crippen LogP contribution in [0, 0.1) is 13.8 Å². The van der Waals surface area contributed by atoms with Gasteiger partial charge in [0, 0.05) is 10.6 Å². The minimum atomic E-state index is -1.74. The summed E-state index contributed by atoms with van der Waals surface area (Å²) in [7, 11) is 0. The first-order chi connectivity index (χ1) is 12.9. The highest BCUT2D eigenvalue weighted by atomic mass is 35.5. The van der Waals surface area contributed by atoms with Crippen molar-refractivity contribution in [1.29, 1.82) is 0 Å². The Balaban J connectivity index is 1.88. The van der Waals surface area contributed by atoms with Crippen LogP contribution < -0.4 is 4.90 Å². The molecule has 3 aromatic rings. The SMILES string of the molecule is Cc1cc(C)cc(C2(O)C(=O)N(Cc3ccccc3)c3ccc(Cl)cc32)c1. The highest BCUT2D eigenvalue weighted by Gasteiger charge is 2.51. The molecule has 3 aromatic carbocycles. The minimum absolute atomic E-state index is 0.353. The molecule has 0 aliphatic carbocycles. The molecule has 0 saturated heterocycles. The molecule has 1 heterocycles. The molecule has 1 aliphatic rings. The van der Waals surface area contributed by atoms with E-state index in [2.05, 4.69) is 0 Å². The van der Waals surface area contributed by atoms with E-state index < -0.39 is 5.60 Å². The molecule has 1 aliphatic heterocycles. The lowest BCUT2D eigenvalue weighted by Gasteiger charge is -2.24. The third kappa shape index (κ3) is 2.93. The van der Waals surface area contributed by atoms with Gasteiger partial charge in [0.2, 0.25) is 0 Å². The van der Waals surface area contributed by atoms with Gasteiger partial charge in [-0.15, -0.1) is 0 Å². The van der Waals surface area contributed by atoms with Crippen LogP contribution in [0.25, 0.3) is 0 Å². The van der Waals surface area contributed by atoms with Crippen LogP contribution in [0.15, 0.2) is 66.7 Å². The first-order valence-electron chi connectivity index (χ1n) is 8.86. The summed E-state index contributed by atoms with van der Waals surface area (Å²) in [5.74, 6) is -0.353. The molecule has 0 radical (unpaired) electrons. The van der Waals surface area contributed by atoms with E-state index in [9.17, 15) is 9.90 Å². The van der Waals surface area contributed by atoms with Gasteiger partial charge in [-0.25, -0.2) is 0 Å². The van der Waals surface area contributed by atoms with Crippen molar-refractivity contribution in [2.24, 2.45) is 0 Å². The van der Waals surface area contributed by atoms with E-state index >= 15 is 0 Å². The molecule has 136 valence electrons. The molecule has 1 N–H and O–H groups in total. The number of hydrogen-bond acceptors (Lipinski definition) is 2. The largest absolute Gasteiger partial charge is 0.372 e. The summed E-state index contributed by atoms with van der Waals surface area (Å²) in [5, 5.41) is 12.1. The highest BCUT2D eigenvalue weighted by molar-refractivity contribution is 6.31. The smallest absolute Gasteiger partial charge is 0.268 e. The first-order valence-corrected chi connectivity index (χ1v) is 9.24. The Bertz CT molecular complexity index is 1010. The molecule has 1 atom stereocenters. The Morgan fingerprint density at radius 3 is 2.30 bits per heavy atom. The number of aliphatic hydroxyl groups is 1. The fourth-order valence-corrected chi connectivity index (χ4v) is 4.01. The standard InChI is InChI=1S/C23H20ClNO2/c1-15-10-16(2)12-18(11-15)23(27)20-13-19(24)8-9-21(20)25(22(23)26)14-17-6-4-3-5-7-17/h3-13,27H,14H2,1-2H3. The monoisotopic (exact) mass is 377 g/mol. The number of nitrogens with zero attached hydrogens (tertiary/aromatic N) is 1. The van der Waals surface area contributed by atoms with Gasteiger partial charge >= 0.3 is 0 Å². The quantitative estimate of drug-likeness (QED) is 0.716. The number of amides is 1. The van der Waals surface area contributed by atoms with E-state index in [1.54, 1.807) is 23.1 Å². The fourth-order valence-electron chi connectivity index (χ4n) is 3.84. The number of aryl methyl sites for hydroxylation is 2. The van der Waals surface area contributed by atoms with Crippen molar-refractivity contribution < 1.29 is 9.90 Å². The van der Waals surface area contributed by atoms with E-state index in [1.165, 1.54) is 0 Å². The average Bonchev–Trinajstić information content (AvgIpc) is 2.84. The number of halogens is 1. The Morgan fingerprint density at radius 2 is 1.63 bits per heavy atom. The van der Waals surface area contributed by atoms with Gasteiger partial charge in [-0.1, -0.05) is 71.3 Å². The summed E-state index contributed by atoms with van der Waals surface area (Å²) in [4.78, 5) is 15.1. The van der Waals surface area contributed by atoms with Crippen LogP contribution in [0.2, 0.25) is 5.02 Å². The van der Waals surface area contributed by atoms with Gasteiger partial charge in [0.25, 0.3) is 5.91 Å². The van der Waals surface area contributed by atoms with Crippen LogP contribution in [-0.2, 0) is 16.9 Å². The minimum Gasteiger partial charge on any atom is -0.372 e. The Morgan fingerprint density at radius 1 is 0.963 bits per heavy atom. The molecule has 27 heavy (non-hydrogen) atoms. The van der Waals surface area contributed by atoms with Gasteiger partial charge < -0.3 is 10.0 Å². The van der Waals surface area contributed by atoms with Crippen LogP contribution in [0.1, 0.15) is 27.8 Å². The van der Waals surface area contributed by atoms with E-state index in [0.29, 0.717) is 28.4 Å². The summed E-state index contributed by atoms with van der Waals surface area (Å²) in [5.41, 5.74) is 3.04. The lowest BCUT2D eigenvalue weighted by atomic mass is 9.86. The average molecular weight is 378 g/mol. The van der Waals surface area contributed by atoms with Crippen LogP contribution in [0.4, 0.5) is 5.69 Å². The first kappa shape index (κ1) is 17.8. The second-order valence-electron chi connectivity index (χ2n) is 7.13. The molecule has 1 unspecified atom stereocenters. The van der Waals surface area contributed by atoms with Crippen molar-refractivity contribution in [2.75, 3.05) is 4.90 Å². The highest BCUT2D eigenvalue weighted by Crippen LogP contribution is 2.46. The number of fused-ring (bicyclic) bond motifs is 1. The number of carbonyl (C=O) groups is 1. The molecular formula is C23H20ClNO2. The topological polar surface area (TPSA) is 40.5 Å². The molecule has 0 fully saturated rings. The molecule has 4 heteroatoms. The van der Waals surface area contributed by atoms with Crippen LogP contribution >= 0.6 is 11.6 Å². The zero-order valence-electron chi connectivity index (χ0n) is 15.2. The molecule has 0 saturated carbocycles. The Kier molecular flexibility index (Phi) is 4.29. The van der Waals surface area contributed by atoms with Crippen LogP contribution in [0.3, 0.4) is 0 Å². The maximum absolute atomic E-state index is 13.5. The zero-order valence-corrected chi connectivity index (χ0v) is 16.0. The van der Waals surface area contributed by atoms with Gasteiger partial charge in [-0.05, 0) is 43.2 Å². The van der Waals surface area contributed by atoms with Crippen molar-refractivity contribution in [2.45, 2.75) is 26.0 Å². The zero-order chi connectivity index (χ0) is 19.2. The van der Waals surface area contributed by atoms with Crippen LogP contribution in [-0.4, -0.2) is 11.0 Å². The lowest BCUT2D eigenvalue weighted by molar-refractivity contribution is -0.132. The second-order valence-corrected chi connectivity index (χ2v) is 7.56. The van der Waals surface area contributed by atoms with E-state index in [4.69, 9.17) is 11.6 Å². The molecule has 0 aromatic heterocycles. The summed E-state index contributed by atoms with van der Waals surface area (Å²) in [6.07, 6.45) is 0. The predicted octanol–water partition coefficient (Wildman–Crippen LogP) is 4.74. The van der Waals surface area contributed by atoms with E-state index in [0.717, 1.165) is 16.7 Å². The second kappa shape index (κ2) is 6.52. The maximum Gasteiger partial charge on any atom is 0.268 e. The molecular weight excluding hydrogens is 358 g/mol. The number of hydrogen-bond donors (Lipinski definition) is 1. The van der Waals surface area contributed by atoms with Crippen molar-refractivity contribution in [1.82, 2.24) is 0 Å². The van der Waals surface area contributed by atoms with Gasteiger partial charge in [-0.2, -0.15) is 0 Å². The number of rotatable bonds is 3. The summed E-state index contributed by atoms with van der Waals surface area (Å²) < 4.78 is 0. The van der Waals surface area contributed by atoms with E-state index in [1.807, 2.05) is 62.4 Å². The fraction of sp³-hybridized carbons (Fsp3) is 0.174. The summed E-state index contributed by atoms with van der Waals surface area (Å²) in [6.45, 7) is 4.31. The Hall–Kier alpha value is -2.62. The van der Waals surface area contributed by atoms with Gasteiger partial charge in [0.1, 0.15) is 0 Å². The number of benzene rings is 3. The van der Waals surface area contributed by atoms with E-state index in [-0.39, 0.29) is 5.91 Å². The van der Waals surface area contributed by atoms with Crippen LogP contribution in [0.5, 0.6) is 0 Å². The molecule has 0 bridgehead atoms. The Labute approximate surface area is 163 Å². The molecule has 1 amide bonds. The summed E-state index contributed by atoms with van der Waals surface area (Å²) >= 11 is 6.22. The van der Waals surface area contributed by atoms with Crippen molar-refractivity contribution >= 4 is 23.2 Å². The van der Waals surface area contributed by atoms with Gasteiger partial charge in [0.15, 0.2) is 5.60 Å². The third-order valence-electron chi connectivity index (χ3n) is 5.02. The summed E-state index contributed by atoms with van der Waals surface area (Å²) in [6, 6.07) is 20.7. The van der Waals surface area contributed by atoms with Crippen molar-refractivity contribution in [3.05, 3.63) is 99.6 Å². The molecule has 4 rings (SSSR count). The van der Waals surface area contributed by atoms with Crippen molar-refractivity contribution in [3.63, 3.8) is 0 Å². The molecule has 3 nitrogen and oxygen atoms in total. The number of anilines is 1. The third-order valence-corrected chi connectivity index (χ3v) is 5.25. The maximum atomic E-state index is 13.5. The van der Waals surface area contributed by atoms with Gasteiger partial charge in [-0.3, -0.25) is 4.79 Å².